The fourth-order valence-electron chi connectivity index (χ4n) is 2.29. The van der Waals surface area contributed by atoms with Crippen molar-refractivity contribution in [2.24, 2.45) is 5.92 Å². The first kappa shape index (κ1) is 14.5. The van der Waals surface area contributed by atoms with Gasteiger partial charge in [0, 0.05) is 6.04 Å². The molecule has 2 rings (SSSR count). The van der Waals surface area contributed by atoms with E-state index in [1.165, 1.54) is 6.07 Å². The number of aliphatic hydroxyl groups excluding tert-OH is 1. The molecule has 2 N–H and O–H groups in total. The molecule has 106 valence electrons. The van der Waals surface area contributed by atoms with Crippen LogP contribution in [0.25, 0.3) is 0 Å². The van der Waals surface area contributed by atoms with Crippen LogP contribution in [0.4, 0.5) is 0 Å². The molecule has 0 amide bonds. The largest absolute Gasteiger partial charge is 0.389 e. The van der Waals surface area contributed by atoms with E-state index in [1.54, 1.807) is 25.1 Å². The minimum absolute atomic E-state index is 0.0835. The van der Waals surface area contributed by atoms with Gasteiger partial charge in [0.05, 0.1) is 11.0 Å². The molecular formula is C14H21NO3S. The first-order chi connectivity index (χ1) is 8.94. The minimum atomic E-state index is -3.47. The third-order valence-corrected chi connectivity index (χ3v) is 5.03. The molecule has 5 heteroatoms. The van der Waals surface area contributed by atoms with Crippen molar-refractivity contribution in [1.29, 1.82) is 0 Å². The van der Waals surface area contributed by atoms with E-state index in [-0.39, 0.29) is 10.9 Å². The van der Waals surface area contributed by atoms with Gasteiger partial charge in [0.15, 0.2) is 0 Å². The summed E-state index contributed by atoms with van der Waals surface area (Å²) in [5, 5.41) is 9.50. The summed E-state index contributed by atoms with van der Waals surface area (Å²) in [7, 11) is -3.47. The Kier molecular flexibility index (Phi) is 4.28. The van der Waals surface area contributed by atoms with Crippen LogP contribution >= 0.6 is 0 Å². The maximum Gasteiger partial charge on any atom is 0.240 e. The molecule has 0 bridgehead atoms. The van der Waals surface area contributed by atoms with Crippen LogP contribution in [0.1, 0.15) is 44.8 Å². The van der Waals surface area contributed by atoms with Gasteiger partial charge >= 0.3 is 0 Å². The maximum atomic E-state index is 12.2. The second-order valence-electron chi connectivity index (χ2n) is 5.26. The molecule has 4 nitrogen and oxygen atoms in total. The fourth-order valence-corrected chi connectivity index (χ4v) is 3.66. The lowest BCUT2D eigenvalue weighted by molar-refractivity contribution is 0.199. The summed E-state index contributed by atoms with van der Waals surface area (Å²) in [6.07, 6.45) is 2.42. The molecule has 1 aliphatic carbocycles. The summed E-state index contributed by atoms with van der Waals surface area (Å²) >= 11 is 0. The molecule has 1 saturated carbocycles. The van der Waals surface area contributed by atoms with E-state index in [9.17, 15) is 13.5 Å². The van der Waals surface area contributed by atoms with Crippen molar-refractivity contribution in [3.8, 4) is 0 Å². The number of nitrogens with one attached hydrogen (secondary N) is 1. The molecule has 19 heavy (non-hydrogen) atoms. The SMILES string of the molecule is CCCC1CC1NS(=O)(=O)c1cccc(C(C)O)c1. The fraction of sp³-hybridized carbons (Fsp3) is 0.571. The lowest BCUT2D eigenvalue weighted by Gasteiger charge is -2.09. The predicted molar refractivity (Wildman–Crippen MR) is 74.2 cm³/mol. The van der Waals surface area contributed by atoms with Crippen molar-refractivity contribution in [3.05, 3.63) is 29.8 Å². The van der Waals surface area contributed by atoms with Crippen LogP contribution < -0.4 is 4.72 Å². The van der Waals surface area contributed by atoms with Gasteiger partial charge in [-0.25, -0.2) is 13.1 Å². The highest BCUT2D eigenvalue weighted by molar-refractivity contribution is 7.89. The van der Waals surface area contributed by atoms with Gasteiger partial charge in [-0.1, -0.05) is 25.5 Å². The Hall–Kier alpha value is -0.910. The van der Waals surface area contributed by atoms with E-state index < -0.39 is 16.1 Å². The van der Waals surface area contributed by atoms with Crippen LogP contribution in [0.3, 0.4) is 0 Å². The van der Waals surface area contributed by atoms with Crippen molar-refractivity contribution in [3.63, 3.8) is 0 Å². The Balaban J connectivity index is 2.10. The second-order valence-corrected chi connectivity index (χ2v) is 6.97. The summed E-state index contributed by atoms with van der Waals surface area (Å²) in [6.45, 7) is 3.73. The molecule has 3 unspecified atom stereocenters. The van der Waals surface area contributed by atoms with Crippen molar-refractivity contribution in [1.82, 2.24) is 4.72 Å². The average molecular weight is 283 g/mol. The van der Waals surface area contributed by atoms with Crippen LogP contribution in [0.5, 0.6) is 0 Å². The van der Waals surface area contributed by atoms with Crippen LogP contribution in [-0.4, -0.2) is 19.6 Å². The summed E-state index contributed by atoms with van der Waals surface area (Å²) in [5.41, 5.74) is 0.615. The van der Waals surface area contributed by atoms with E-state index in [0.717, 1.165) is 19.3 Å². The standard InChI is InChI=1S/C14H21NO3S/c1-3-5-12-9-14(12)15-19(17,18)13-7-4-6-11(8-13)10(2)16/h4,6-8,10,12,14-16H,3,5,9H2,1-2H3. The average Bonchev–Trinajstić information content (AvgIpc) is 3.07. The molecule has 0 spiro atoms. The number of hydrogen-bond acceptors (Lipinski definition) is 3. The Morgan fingerprint density at radius 1 is 1.47 bits per heavy atom. The first-order valence-electron chi connectivity index (χ1n) is 6.74. The number of rotatable bonds is 6. The maximum absolute atomic E-state index is 12.2. The molecule has 1 fully saturated rings. The Morgan fingerprint density at radius 2 is 2.21 bits per heavy atom. The van der Waals surface area contributed by atoms with Crippen LogP contribution in [-0.2, 0) is 10.0 Å². The van der Waals surface area contributed by atoms with E-state index in [4.69, 9.17) is 0 Å². The zero-order valence-electron chi connectivity index (χ0n) is 11.3. The van der Waals surface area contributed by atoms with Crippen LogP contribution in [0.15, 0.2) is 29.2 Å². The van der Waals surface area contributed by atoms with Gasteiger partial charge in [0.25, 0.3) is 0 Å². The van der Waals surface area contributed by atoms with Gasteiger partial charge in [0.2, 0.25) is 10.0 Å². The Morgan fingerprint density at radius 3 is 2.84 bits per heavy atom. The van der Waals surface area contributed by atoms with E-state index >= 15 is 0 Å². The second kappa shape index (κ2) is 5.61. The van der Waals surface area contributed by atoms with Gasteiger partial charge in [-0.15, -0.1) is 0 Å². The topological polar surface area (TPSA) is 66.4 Å². The molecule has 0 aliphatic heterocycles. The van der Waals surface area contributed by atoms with Crippen molar-refractivity contribution in [2.45, 2.75) is 50.2 Å². The molecular weight excluding hydrogens is 262 g/mol. The van der Waals surface area contributed by atoms with Crippen molar-refractivity contribution < 1.29 is 13.5 Å². The molecule has 1 aliphatic rings. The third-order valence-electron chi connectivity index (χ3n) is 3.54. The number of sulfonamides is 1. The summed E-state index contributed by atoms with van der Waals surface area (Å²) in [4.78, 5) is 0.230. The van der Waals surface area contributed by atoms with Crippen molar-refractivity contribution >= 4 is 10.0 Å². The van der Waals surface area contributed by atoms with E-state index in [0.29, 0.717) is 11.5 Å². The highest BCUT2D eigenvalue weighted by Gasteiger charge is 2.39. The highest BCUT2D eigenvalue weighted by atomic mass is 32.2. The zero-order valence-corrected chi connectivity index (χ0v) is 12.2. The van der Waals surface area contributed by atoms with Crippen LogP contribution in [0, 0.1) is 5.92 Å². The van der Waals surface area contributed by atoms with Gasteiger partial charge in [-0.2, -0.15) is 0 Å². The number of hydrogen-bond donors (Lipinski definition) is 2. The number of aliphatic hydroxyl groups is 1. The minimum Gasteiger partial charge on any atom is -0.389 e. The monoisotopic (exact) mass is 283 g/mol. The third kappa shape index (κ3) is 3.55. The Labute approximate surface area is 114 Å². The molecule has 0 saturated heterocycles. The van der Waals surface area contributed by atoms with Crippen molar-refractivity contribution in [2.75, 3.05) is 0 Å². The summed E-state index contributed by atoms with van der Waals surface area (Å²) < 4.78 is 27.2. The Bertz CT molecular complexity index is 539. The number of benzene rings is 1. The molecule has 1 aromatic carbocycles. The molecule has 0 heterocycles. The normalized spacial score (nSPS) is 24.2. The molecule has 3 atom stereocenters. The summed E-state index contributed by atoms with van der Waals surface area (Å²) in [6, 6.07) is 6.56. The molecule has 0 aromatic heterocycles. The molecule has 0 radical (unpaired) electrons. The van der Waals surface area contributed by atoms with Crippen LogP contribution in [0.2, 0.25) is 0 Å². The highest BCUT2D eigenvalue weighted by Crippen LogP contribution is 2.35. The van der Waals surface area contributed by atoms with Gasteiger partial charge in [-0.3, -0.25) is 0 Å². The van der Waals surface area contributed by atoms with Gasteiger partial charge in [0.1, 0.15) is 0 Å². The summed E-state index contributed by atoms with van der Waals surface area (Å²) in [5.74, 6) is 0.486. The lowest BCUT2D eigenvalue weighted by atomic mass is 10.1. The van der Waals surface area contributed by atoms with E-state index in [1.807, 2.05) is 0 Å². The first-order valence-corrected chi connectivity index (χ1v) is 8.22. The molecule has 1 aromatic rings. The smallest absolute Gasteiger partial charge is 0.240 e. The quantitative estimate of drug-likeness (QED) is 0.841. The lowest BCUT2D eigenvalue weighted by Crippen LogP contribution is -2.27. The van der Waals surface area contributed by atoms with Gasteiger partial charge < -0.3 is 5.11 Å². The predicted octanol–water partition coefficient (Wildman–Crippen LogP) is 2.21. The van der Waals surface area contributed by atoms with Gasteiger partial charge in [-0.05, 0) is 43.4 Å². The zero-order chi connectivity index (χ0) is 14.0. The van der Waals surface area contributed by atoms with E-state index in [2.05, 4.69) is 11.6 Å².